The fourth-order valence-electron chi connectivity index (χ4n) is 2.50. The first kappa shape index (κ1) is 18.2. The molecule has 1 aromatic carbocycles. The van der Waals surface area contributed by atoms with Gasteiger partial charge in [-0.3, -0.25) is 24.6 Å². The molecule has 0 bridgehead atoms. The average Bonchev–Trinajstić information content (AvgIpc) is 3.17. The van der Waals surface area contributed by atoms with Crippen molar-refractivity contribution in [1.82, 2.24) is 15.1 Å². The molecule has 0 saturated heterocycles. The number of carbonyl (C=O) groups excluding carboxylic acids is 3. The number of hydrogen-bond acceptors (Lipinski definition) is 7. The van der Waals surface area contributed by atoms with E-state index < -0.39 is 17.7 Å². The number of imide groups is 1. The zero-order valence-corrected chi connectivity index (χ0v) is 15.0. The predicted octanol–water partition coefficient (Wildman–Crippen LogP) is 1.74. The van der Waals surface area contributed by atoms with Gasteiger partial charge in [0.05, 0.1) is 17.7 Å². The van der Waals surface area contributed by atoms with Gasteiger partial charge in [-0.25, -0.2) is 0 Å². The van der Waals surface area contributed by atoms with E-state index in [1.54, 1.807) is 24.3 Å². The van der Waals surface area contributed by atoms with Crippen LogP contribution in [0.25, 0.3) is 0 Å². The molecule has 1 aliphatic rings. The number of anilines is 1. The van der Waals surface area contributed by atoms with Crippen LogP contribution < -0.4 is 5.32 Å². The fourth-order valence-corrected chi connectivity index (χ4v) is 3.23. The summed E-state index contributed by atoms with van der Waals surface area (Å²) in [5.74, 6) is -1.43. The quantitative estimate of drug-likeness (QED) is 0.558. The molecule has 0 radical (unpaired) electrons. The van der Waals surface area contributed by atoms with E-state index in [2.05, 4.69) is 15.5 Å². The molecule has 2 aromatic rings. The molecule has 9 heteroatoms. The van der Waals surface area contributed by atoms with Crippen molar-refractivity contribution in [3.63, 3.8) is 0 Å². The lowest BCUT2D eigenvalue weighted by Crippen LogP contribution is -2.37. The van der Waals surface area contributed by atoms with Crippen molar-refractivity contribution in [2.24, 2.45) is 0 Å². The van der Waals surface area contributed by atoms with E-state index >= 15 is 0 Å². The molecule has 8 nitrogen and oxygen atoms in total. The Hall–Kier alpha value is -2.65. The largest absolute Gasteiger partial charge is 0.381 e. The summed E-state index contributed by atoms with van der Waals surface area (Å²) < 4.78 is 5.39. The normalized spacial score (nSPS) is 13.2. The molecule has 3 amide bonds. The van der Waals surface area contributed by atoms with Crippen molar-refractivity contribution in [3.05, 3.63) is 40.4 Å². The molecule has 1 aromatic heterocycles. The minimum absolute atomic E-state index is 0.315. The molecule has 0 saturated carbocycles. The van der Waals surface area contributed by atoms with Gasteiger partial charge in [0.15, 0.2) is 0 Å². The highest BCUT2D eigenvalue weighted by Gasteiger charge is 2.36. The van der Waals surface area contributed by atoms with E-state index in [9.17, 15) is 14.4 Å². The molecule has 1 aliphatic heterocycles. The third-order valence-corrected chi connectivity index (χ3v) is 4.60. The van der Waals surface area contributed by atoms with Gasteiger partial charge in [-0.1, -0.05) is 30.4 Å². The maximum absolute atomic E-state index is 12.3. The minimum Gasteiger partial charge on any atom is -0.381 e. The first-order valence-corrected chi connectivity index (χ1v) is 9.07. The predicted molar refractivity (Wildman–Crippen MR) is 95.2 cm³/mol. The van der Waals surface area contributed by atoms with Crippen LogP contribution in [0.15, 0.2) is 24.3 Å². The van der Waals surface area contributed by atoms with E-state index in [4.69, 9.17) is 4.74 Å². The van der Waals surface area contributed by atoms with E-state index in [1.807, 2.05) is 6.92 Å². The summed E-state index contributed by atoms with van der Waals surface area (Å²) in [6.45, 7) is 2.92. The summed E-state index contributed by atoms with van der Waals surface area (Å²) in [7, 11) is 0. The second-order valence-corrected chi connectivity index (χ2v) is 6.72. The number of rotatable bonds is 8. The standard InChI is InChI=1S/C17H18N4O4S/c1-2-8-25-9-7-14-19-20-17(26-14)18-13(22)10-21-15(23)11-5-3-4-6-12(11)16(21)24/h3-6H,2,7-10H2,1H3,(H,18,20,22). The highest BCUT2D eigenvalue weighted by molar-refractivity contribution is 7.15. The van der Waals surface area contributed by atoms with Crippen LogP contribution in [-0.2, 0) is 16.0 Å². The van der Waals surface area contributed by atoms with Gasteiger partial charge in [-0.15, -0.1) is 10.2 Å². The zero-order chi connectivity index (χ0) is 18.5. The number of hydrogen-bond donors (Lipinski definition) is 1. The Labute approximate surface area is 154 Å². The minimum atomic E-state index is -0.496. The van der Waals surface area contributed by atoms with Crippen LogP contribution >= 0.6 is 11.3 Å². The number of nitrogens with zero attached hydrogens (tertiary/aromatic N) is 3. The van der Waals surface area contributed by atoms with Crippen LogP contribution in [-0.4, -0.2) is 52.6 Å². The van der Waals surface area contributed by atoms with Crippen LogP contribution in [0.4, 0.5) is 5.13 Å². The summed E-state index contributed by atoms with van der Waals surface area (Å²) in [6, 6.07) is 6.51. The maximum atomic E-state index is 12.3. The van der Waals surface area contributed by atoms with Crippen LogP contribution in [0.1, 0.15) is 39.1 Å². The van der Waals surface area contributed by atoms with Gasteiger partial charge in [0, 0.05) is 13.0 Å². The van der Waals surface area contributed by atoms with Crippen molar-refractivity contribution in [3.8, 4) is 0 Å². The molecule has 3 rings (SSSR count). The monoisotopic (exact) mass is 374 g/mol. The van der Waals surface area contributed by atoms with Gasteiger partial charge in [0.2, 0.25) is 11.0 Å². The molecular formula is C17H18N4O4S. The molecular weight excluding hydrogens is 356 g/mol. The first-order chi connectivity index (χ1) is 12.6. The topological polar surface area (TPSA) is 101 Å². The number of aromatic nitrogens is 2. The van der Waals surface area contributed by atoms with Gasteiger partial charge in [-0.05, 0) is 18.6 Å². The van der Waals surface area contributed by atoms with Crippen LogP contribution in [0.2, 0.25) is 0 Å². The van der Waals surface area contributed by atoms with E-state index in [0.717, 1.165) is 16.3 Å². The fraction of sp³-hybridized carbons (Fsp3) is 0.353. The van der Waals surface area contributed by atoms with Gasteiger partial charge in [-0.2, -0.15) is 0 Å². The van der Waals surface area contributed by atoms with Crippen molar-refractivity contribution in [2.75, 3.05) is 25.1 Å². The Kier molecular flexibility index (Phi) is 5.69. The second kappa shape index (κ2) is 8.15. The Bertz CT molecular complexity index is 801. The van der Waals surface area contributed by atoms with Crippen molar-refractivity contribution in [2.45, 2.75) is 19.8 Å². The van der Waals surface area contributed by atoms with E-state index in [1.165, 1.54) is 11.3 Å². The summed E-state index contributed by atoms with van der Waals surface area (Å²) in [6.07, 6.45) is 1.57. The molecule has 0 aliphatic carbocycles. The van der Waals surface area contributed by atoms with Crippen LogP contribution in [0.3, 0.4) is 0 Å². The van der Waals surface area contributed by atoms with Gasteiger partial charge in [0.1, 0.15) is 11.6 Å². The van der Waals surface area contributed by atoms with Gasteiger partial charge in [0.25, 0.3) is 11.8 Å². The van der Waals surface area contributed by atoms with Gasteiger partial charge >= 0.3 is 0 Å². The molecule has 1 N–H and O–H groups in total. The number of benzene rings is 1. The number of fused-ring (bicyclic) bond motifs is 1. The summed E-state index contributed by atoms with van der Waals surface area (Å²) in [5.41, 5.74) is 0.631. The van der Waals surface area contributed by atoms with Crippen molar-refractivity contribution < 1.29 is 19.1 Å². The lowest BCUT2D eigenvalue weighted by molar-refractivity contribution is -0.116. The van der Waals surface area contributed by atoms with E-state index in [0.29, 0.717) is 35.9 Å². The van der Waals surface area contributed by atoms with Crippen LogP contribution in [0, 0.1) is 0 Å². The Morgan fingerprint density at radius 2 is 1.85 bits per heavy atom. The van der Waals surface area contributed by atoms with Crippen molar-refractivity contribution in [1.29, 1.82) is 0 Å². The summed E-state index contributed by atoms with van der Waals surface area (Å²) >= 11 is 1.24. The van der Waals surface area contributed by atoms with Crippen LogP contribution in [0.5, 0.6) is 0 Å². The first-order valence-electron chi connectivity index (χ1n) is 8.25. The zero-order valence-electron chi connectivity index (χ0n) is 14.2. The summed E-state index contributed by atoms with van der Waals surface area (Å²) in [4.78, 5) is 37.6. The highest BCUT2D eigenvalue weighted by atomic mass is 32.1. The lowest BCUT2D eigenvalue weighted by Gasteiger charge is -2.12. The average molecular weight is 374 g/mol. The Morgan fingerprint density at radius 3 is 2.50 bits per heavy atom. The lowest BCUT2D eigenvalue weighted by atomic mass is 10.1. The number of amides is 3. The number of ether oxygens (including phenoxy) is 1. The van der Waals surface area contributed by atoms with Gasteiger partial charge < -0.3 is 4.74 Å². The summed E-state index contributed by atoms with van der Waals surface area (Å²) in [5, 5.41) is 11.5. The van der Waals surface area contributed by atoms with Crippen molar-refractivity contribution >= 4 is 34.2 Å². The third-order valence-electron chi connectivity index (χ3n) is 3.70. The highest BCUT2D eigenvalue weighted by Crippen LogP contribution is 2.22. The Balaban J connectivity index is 1.54. The maximum Gasteiger partial charge on any atom is 0.262 e. The molecule has 0 unspecified atom stereocenters. The smallest absolute Gasteiger partial charge is 0.262 e. The number of carbonyl (C=O) groups is 3. The molecule has 136 valence electrons. The molecule has 2 heterocycles. The molecule has 0 spiro atoms. The molecule has 26 heavy (non-hydrogen) atoms. The Morgan fingerprint density at radius 1 is 1.15 bits per heavy atom. The SMILES string of the molecule is CCCOCCc1nnc(NC(=O)CN2C(=O)c3ccccc3C2=O)s1. The molecule has 0 fully saturated rings. The second-order valence-electron chi connectivity index (χ2n) is 5.65. The van der Waals surface area contributed by atoms with E-state index in [-0.39, 0.29) is 6.54 Å². The number of nitrogens with one attached hydrogen (secondary N) is 1. The third kappa shape index (κ3) is 3.94. The molecule has 0 atom stereocenters.